The third-order valence-electron chi connectivity index (χ3n) is 6.43. The molecule has 25 heavy (non-hydrogen) atoms. The Morgan fingerprint density at radius 3 is 2.88 bits per heavy atom. The van der Waals surface area contributed by atoms with E-state index in [4.69, 9.17) is 0 Å². The third kappa shape index (κ3) is 3.19. The summed E-state index contributed by atoms with van der Waals surface area (Å²) < 4.78 is 27.6. The van der Waals surface area contributed by atoms with E-state index in [2.05, 4.69) is 5.32 Å². The maximum Gasteiger partial charge on any atom is 0.226 e. The molecule has 3 nitrogen and oxygen atoms in total. The number of nitrogens with zero attached hydrogens (tertiary/aromatic N) is 1. The van der Waals surface area contributed by atoms with Gasteiger partial charge in [-0.05, 0) is 82.2 Å². The zero-order valence-electron chi connectivity index (χ0n) is 14.8. The van der Waals surface area contributed by atoms with Gasteiger partial charge in [-0.3, -0.25) is 4.79 Å². The number of amides is 1. The van der Waals surface area contributed by atoms with Gasteiger partial charge in [-0.25, -0.2) is 8.78 Å². The lowest BCUT2D eigenvalue weighted by molar-refractivity contribution is -0.140. The highest BCUT2D eigenvalue weighted by Crippen LogP contribution is 2.45. The molecule has 0 bridgehead atoms. The SMILES string of the molecule is CC1(Cc2cc(F)ccc2F)CCCN1C(=O)C1CCNC2(CC2)C1. The van der Waals surface area contributed by atoms with Crippen molar-refractivity contribution in [2.45, 2.75) is 62.9 Å². The van der Waals surface area contributed by atoms with Crippen LogP contribution in [0.2, 0.25) is 0 Å². The van der Waals surface area contributed by atoms with Gasteiger partial charge in [0.1, 0.15) is 11.6 Å². The van der Waals surface area contributed by atoms with E-state index in [-0.39, 0.29) is 23.2 Å². The van der Waals surface area contributed by atoms with Gasteiger partial charge in [0.05, 0.1) is 0 Å². The van der Waals surface area contributed by atoms with Gasteiger partial charge in [-0.2, -0.15) is 0 Å². The van der Waals surface area contributed by atoms with Crippen LogP contribution in [0.25, 0.3) is 0 Å². The highest BCUT2D eigenvalue weighted by Gasteiger charge is 2.50. The summed E-state index contributed by atoms with van der Waals surface area (Å²) in [7, 11) is 0. The van der Waals surface area contributed by atoms with Crippen LogP contribution < -0.4 is 5.32 Å². The van der Waals surface area contributed by atoms with Gasteiger partial charge in [0, 0.05) is 23.5 Å². The number of halogens is 2. The quantitative estimate of drug-likeness (QED) is 0.908. The molecular weight excluding hydrogens is 322 g/mol. The maximum atomic E-state index is 14.1. The molecule has 136 valence electrons. The number of hydrogen-bond acceptors (Lipinski definition) is 2. The number of carbonyl (C=O) groups is 1. The molecule has 4 rings (SSSR count). The smallest absolute Gasteiger partial charge is 0.226 e. The van der Waals surface area contributed by atoms with Crippen LogP contribution in [0, 0.1) is 17.6 Å². The van der Waals surface area contributed by atoms with Crippen LogP contribution in [-0.2, 0) is 11.2 Å². The minimum atomic E-state index is -0.426. The zero-order chi connectivity index (χ0) is 17.7. The highest BCUT2D eigenvalue weighted by atomic mass is 19.1. The Labute approximate surface area is 147 Å². The summed E-state index contributed by atoms with van der Waals surface area (Å²) in [6.07, 6.45) is 6.28. The molecule has 2 atom stereocenters. The normalized spacial score (nSPS) is 30.7. The Hall–Kier alpha value is -1.49. The molecule has 0 radical (unpaired) electrons. The number of benzene rings is 1. The van der Waals surface area contributed by atoms with Crippen LogP contribution in [0.3, 0.4) is 0 Å². The van der Waals surface area contributed by atoms with Crippen LogP contribution in [0.1, 0.15) is 51.0 Å². The second kappa shape index (κ2) is 6.04. The molecule has 3 aliphatic rings. The fourth-order valence-electron chi connectivity index (χ4n) is 4.79. The van der Waals surface area contributed by atoms with E-state index >= 15 is 0 Å². The molecule has 2 aliphatic heterocycles. The number of hydrogen-bond donors (Lipinski definition) is 1. The van der Waals surface area contributed by atoms with Crippen molar-refractivity contribution in [1.29, 1.82) is 0 Å². The molecule has 1 amide bonds. The molecule has 2 saturated heterocycles. The first kappa shape index (κ1) is 17.0. The summed E-state index contributed by atoms with van der Waals surface area (Å²) in [5.74, 6) is -0.534. The van der Waals surface area contributed by atoms with E-state index in [1.165, 1.54) is 25.0 Å². The molecule has 5 heteroatoms. The molecule has 1 N–H and O–H groups in total. The number of rotatable bonds is 3. The van der Waals surface area contributed by atoms with Crippen molar-refractivity contribution in [2.24, 2.45) is 5.92 Å². The molecule has 1 spiro atoms. The van der Waals surface area contributed by atoms with Gasteiger partial charge >= 0.3 is 0 Å². The second-order valence-electron chi connectivity index (χ2n) is 8.40. The summed E-state index contributed by atoms with van der Waals surface area (Å²) >= 11 is 0. The van der Waals surface area contributed by atoms with Crippen molar-refractivity contribution in [3.8, 4) is 0 Å². The van der Waals surface area contributed by atoms with E-state index < -0.39 is 11.4 Å². The maximum absolute atomic E-state index is 14.1. The monoisotopic (exact) mass is 348 g/mol. The molecular formula is C20H26F2N2O. The Morgan fingerprint density at radius 1 is 1.32 bits per heavy atom. The van der Waals surface area contributed by atoms with E-state index in [0.29, 0.717) is 12.0 Å². The van der Waals surface area contributed by atoms with Gasteiger partial charge in [0.2, 0.25) is 5.91 Å². The Morgan fingerprint density at radius 2 is 2.12 bits per heavy atom. The van der Waals surface area contributed by atoms with Crippen molar-refractivity contribution >= 4 is 5.91 Å². The van der Waals surface area contributed by atoms with Gasteiger partial charge in [-0.1, -0.05) is 0 Å². The highest BCUT2D eigenvalue weighted by molar-refractivity contribution is 5.80. The second-order valence-corrected chi connectivity index (χ2v) is 8.40. The van der Waals surface area contributed by atoms with Gasteiger partial charge < -0.3 is 10.2 Å². The number of nitrogens with one attached hydrogen (secondary N) is 1. The van der Waals surface area contributed by atoms with E-state index in [1.54, 1.807) is 0 Å². The first-order valence-corrected chi connectivity index (χ1v) is 9.41. The van der Waals surface area contributed by atoms with Gasteiger partial charge in [0.25, 0.3) is 0 Å². The number of likely N-dealkylation sites (tertiary alicyclic amines) is 1. The average Bonchev–Trinajstić information content (AvgIpc) is 3.21. The minimum Gasteiger partial charge on any atom is -0.337 e. The Kier molecular flexibility index (Phi) is 4.10. The molecule has 2 heterocycles. The van der Waals surface area contributed by atoms with Crippen molar-refractivity contribution in [3.63, 3.8) is 0 Å². The standard InChI is InChI=1S/C20H26F2N2O/c1-19(12-15-11-16(21)3-4-17(15)22)6-2-10-24(19)18(25)14-5-9-23-20(13-14)7-8-20/h3-4,11,14,23H,2,5-10,12-13H2,1H3. The average molecular weight is 348 g/mol. The van der Waals surface area contributed by atoms with Gasteiger partial charge in [-0.15, -0.1) is 0 Å². The predicted molar refractivity (Wildman–Crippen MR) is 92.1 cm³/mol. The number of carbonyl (C=O) groups excluding carboxylic acids is 1. The molecule has 2 unspecified atom stereocenters. The lowest BCUT2D eigenvalue weighted by atomic mass is 9.86. The molecule has 0 aromatic heterocycles. The summed E-state index contributed by atoms with van der Waals surface area (Å²) in [4.78, 5) is 15.2. The van der Waals surface area contributed by atoms with Gasteiger partial charge in [0.15, 0.2) is 0 Å². The van der Waals surface area contributed by atoms with Crippen molar-refractivity contribution in [2.75, 3.05) is 13.1 Å². The fraction of sp³-hybridized carbons (Fsp3) is 0.650. The molecule has 1 aromatic rings. The van der Waals surface area contributed by atoms with E-state index in [1.807, 2.05) is 11.8 Å². The lowest BCUT2D eigenvalue weighted by Gasteiger charge is -2.40. The van der Waals surface area contributed by atoms with Crippen LogP contribution in [0.5, 0.6) is 0 Å². The van der Waals surface area contributed by atoms with Crippen LogP contribution in [0.4, 0.5) is 8.78 Å². The first-order chi connectivity index (χ1) is 11.9. The van der Waals surface area contributed by atoms with Crippen molar-refractivity contribution < 1.29 is 13.6 Å². The van der Waals surface area contributed by atoms with Crippen LogP contribution in [-0.4, -0.2) is 35.0 Å². The summed E-state index contributed by atoms with van der Waals surface area (Å²) in [6.45, 7) is 3.65. The summed E-state index contributed by atoms with van der Waals surface area (Å²) in [5.41, 5.74) is 0.155. The largest absolute Gasteiger partial charge is 0.337 e. The Balaban J connectivity index is 1.52. The summed E-state index contributed by atoms with van der Waals surface area (Å²) in [6, 6.07) is 3.59. The Bertz CT molecular complexity index is 688. The van der Waals surface area contributed by atoms with Crippen LogP contribution in [0.15, 0.2) is 18.2 Å². The number of piperidine rings is 1. The lowest BCUT2D eigenvalue weighted by Crippen LogP contribution is -2.52. The van der Waals surface area contributed by atoms with Crippen molar-refractivity contribution in [1.82, 2.24) is 10.2 Å². The first-order valence-electron chi connectivity index (χ1n) is 9.41. The van der Waals surface area contributed by atoms with Crippen LogP contribution >= 0.6 is 0 Å². The molecule has 1 aliphatic carbocycles. The molecule has 1 saturated carbocycles. The summed E-state index contributed by atoms with van der Waals surface area (Å²) in [5, 5.41) is 3.56. The van der Waals surface area contributed by atoms with Crippen molar-refractivity contribution in [3.05, 3.63) is 35.4 Å². The zero-order valence-corrected chi connectivity index (χ0v) is 14.8. The third-order valence-corrected chi connectivity index (χ3v) is 6.43. The fourth-order valence-corrected chi connectivity index (χ4v) is 4.79. The molecule has 3 fully saturated rings. The topological polar surface area (TPSA) is 32.3 Å². The minimum absolute atomic E-state index is 0.0681. The van der Waals surface area contributed by atoms with E-state index in [9.17, 15) is 13.6 Å². The predicted octanol–water partition coefficient (Wildman–Crippen LogP) is 3.42. The van der Waals surface area contributed by atoms with E-state index in [0.717, 1.165) is 44.8 Å². The molecule has 1 aromatic carbocycles.